The smallest absolute Gasteiger partial charge is 0.327 e. The molecule has 0 aliphatic carbocycles. The molecule has 0 aromatic carbocycles. The highest BCUT2D eigenvalue weighted by Crippen LogP contribution is 2.06. The fraction of sp³-hybridized carbons (Fsp3) is 0.800. The molecule has 0 aliphatic heterocycles. The van der Waals surface area contributed by atoms with Crippen LogP contribution in [0, 0.1) is 0 Å². The second-order valence-electron chi connectivity index (χ2n) is 4.65. The van der Waals surface area contributed by atoms with Crippen LogP contribution in [0.1, 0.15) is 65.2 Å². The first-order valence-corrected chi connectivity index (χ1v) is 7.34. The Kier molecular flexibility index (Phi) is 18.4. The van der Waals surface area contributed by atoms with Gasteiger partial charge in [0, 0.05) is 12.1 Å². The number of allylic oxidation sites excluding steroid dienone is 1. The number of carbonyl (C=O) groups is 1. The van der Waals surface area contributed by atoms with Gasteiger partial charge in [0.2, 0.25) is 0 Å². The maximum atomic E-state index is 10.1. The Morgan fingerprint density at radius 2 is 1.74 bits per heavy atom. The molecule has 4 nitrogen and oxygen atoms in total. The fourth-order valence-corrected chi connectivity index (χ4v) is 1.36. The van der Waals surface area contributed by atoms with E-state index in [1.54, 1.807) is 6.08 Å². The number of carboxylic acids is 1. The van der Waals surface area contributed by atoms with Crippen molar-refractivity contribution in [3.05, 3.63) is 12.2 Å². The molecule has 0 radical (unpaired) electrons. The van der Waals surface area contributed by atoms with Crippen LogP contribution in [0.2, 0.25) is 0 Å². The summed E-state index contributed by atoms with van der Waals surface area (Å²) in [5, 5.41) is 16.5. The lowest BCUT2D eigenvalue weighted by atomic mass is 10.1. The molecule has 0 aromatic heterocycles. The molecule has 0 saturated carbocycles. The molecule has 0 aromatic rings. The van der Waals surface area contributed by atoms with Gasteiger partial charge >= 0.3 is 5.97 Å². The summed E-state index contributed by atoms with van der Waals surface area (Å²) < 4.78 is 0. The quantitative estimate of drug-likeness (QED) is 0.422. The summed E-state index contributed by atoms with van der Waals surface area (Å²) in [6, 6.07) is -0.00926. The van der Waals surface area contributed by atoms with Crippen molar-refractivity contribution in [1.82, 2.24) is 0 Å². The Balaban J connectivity index is 0. The molecule has 0 spiro atoms. The first-order valence-electron chi connectivity index (χ1n) is 7.34. The van der Waals surface area contributed by atoms with Gasteiger partial charge in [0.1, 0.15) is 0 Å². The predicted octanol–water partition coefficient (Wildman–Crippen LogP) is 3.09. The number of hydrogen-bond donors (Lipinski definition) is 3. The van der Waals surface area contributed by atoms with Gasteiger partial charge in [-0.1, -0.05) is 52.0 Å². The van der Waals surface area contributed by atoms with E-state index in [0.29, 0.717) is 0 Å². The summed E-state index contributed by atoms with van der Waals surface area (Å²) >= 11 is 0. The average Bonchev–Trinajstić information content (AvgIpc) is 2.41. The molecule has 4 heteroatoms. The van der Waals surface area contributed by atoms with Gasteiger partial charge in [-0.2, -0.15) is 0 Å². The van der Waals surface area contributed by atoms with Crippen LogP contribution >= 0.6 is 0 Å². The van der Waals surface area contributed by atoms with Crippen molar-refractivity contribution in [3.63, 3.8) is 0 Å². The molecule has 1 atom stereocenters. The minimum Gasteiger partial charge on any atom is -0.478 e. The third-order valence-corrected chi connectivity index (χ3v) is 2.74. The fourth-order valence-electron chi connectivity index (χ4n) is 1.36. The molecule has 0 bridgehead atoms. The third kappa shape index (κ3) is 22.7. The predicted molar refractivity (Wildman–Crippen MR) is 80.1 cm³/mol. The lowest BCUT2D eigenvalue weighted by Crippen LogP contribution is -2.22. The first kappa shape index (κ1) is 20.4. The van der Waals surface area contributed by atoms with Crippen molar-refractivity contribution in [2.24, 2.45) is 5.73 Å². The van der Waals surface area contributed by atoms with Gasteiger partial charge < -0.3 is 15.9 Å². The zero-order valence-corrected chi connectivity index (χ0v) is 12.5. The van der Waals surface area contributed by atoms with Crippen molar-refractivity contribution < 1.29 is 15.0 Å². The van der Waals surface area contributed by atoms with E-state index in [1.165, 1.54) is 38.2 Å². The van der Waals surface area contributed by atoms with E-state index in [-0.39, 0.29) is 12.6 Å². The minimum absolute atomic E-state index is 0.00926. The number of aliphatic hydroxyl groups is 1. The maximum Gasteiger partial charge on any atom is 0.327 e. The first-order chi connectivity index (χ1) is 9.08. The molecule has 4 N–H and O–H groups in total. The summed E-state index contributed by atoms with van der Waals surface area (Å²) in [5.41, 5.74) is 5.22. The molecule has 19 heavy (non-hydrogen) atoms. The van der Waals surface area contributed by atoms with Gasteiger partial charge in [0.15, 0.2) is 0 Å². The molecule has 1 unspecified atom stereocenters. The number of nitrogens with two attached hydrogens (primary N) is 1. The zero-order chi connectivity index (χ0) is 14.9. The van der Waals surface area contributed by atoms with Crippen molar-refractivity contribution in [2.45, 2.75) is 71.3 Å². The van der Waals surface area contributed by atoms with E-state index in [0.717, 1.165) is 19.3 Å². The third-order valence-electron chi connectivity index (χ3n) is 2.74. The van der Waals surface area contributed by atoms with E-state index in [4.69, 9.17) is 15.9 Å². The van der Waals surface area contributed by atoms with Crippen LogP contribution in [-0.2, 0) is 4.79 Å². The van der Waals surface area contributed by atoms with E-state index in [1.807, 2.05) is 6.92 Å². The molecule has 0 saturated heterocycles. The molecule has 0 heterocycles. The van der Waals surface area contributed by atoms with E-state index in [9.17, 15) is 4.79 Å². The minimum atomic E-state index is -0.842. The highest BCUT2D eigenvalue weighted by atomic mass is 16.4. The number of rotatable bonds is 10. The van der Waals surface area contributed by atoms with Crippen molar-refractivity contribution in [3.8, 4) is 0 Å². The second-order valence-corrected chi connectivity index (χ2v) is 4.65. The molecule has 0 amide bonds. The molecular weight excluding hydrogens is 242 g/mol. The van der Waals surface area contributed by atoms with Crippen LogP contribution < -0.4 is 5.73 Å². The SMILES string of the molecule is CCC(N)CO.CCCCCCCC/C=C/C(=O)O. The summed E-state index contributed by atoms with van der Waals surface area (Å²) in [7, 11) is 0. The van der Waals surface area contributed by atoms with Gasteiger partial charge in [-0.15, -0.1) is 0 Å². The monoisotopic (exact) mass is 273 g/mol. The van der Waals surface area contributed by atoms with Crippen LogP contribution in [0.5, 0.6) is 0 Å². The summed E-state index contributed by atoms with van der Waals surface area (Å²) in [6.07, 6.45) is 12.3. The summed E-state index contributed by atoms with van der Waals surface area (Å²) in [4.78, 5) is 10.1. The van der Waals surface area contributed by atoms with Crippen molar-refractivity contribution in [2.75, 3.05) is 6.61 Å². The van der Waals surface area contributed by atoms with Crippen LogP contribution in [0.4, 0.5) is 0 Å². The molecule has 0 fully saturated rings. The van der Waals surface area contributed by atoms with Gasteiger partial charge in [0.25, 0.3) is 0 Å². The van der Waals surface area contributed by atoms with Crippen molar-refractivity contribution >= 4 is 5.97 Å². The summed E-state index contributed by atoms with van der Waals surface area (Å²) in [6.45, 7) is 4.26. The van der Waals surface area contributed by atoms with Crippen molar-refractivity contribution in [1.29, 1.82) is 0 Å². The van der Waals surface area contributed by atoms with Gasteiger partial charge in [0.05, 0.1) is 6.61 Å². The normalized spacial score (nSPS) is 12.0. The average molecular weight is 273 g/mol. The zero-order valence-electron chi connectivity index (χ0n) is 12.5. The lowest BCUT2D eigenvalue weighted by Gasteiger charge is -1.98. The van der Waals surface area contributed by atoms with Gasteiger partial charge in [-0.05, 0) is 19.3 Å². The van der Waals surface area contributed by atoms with E-state index < -0.39 is 5.97 Å². The topological polar surface area (TPSA) is 83.5 Å². The van der Waals surface area contributed by atoms with E-state index in [2.05, 4.69) is 6.92 Å². The number of unbranched alkanes of at least 4 members (excludes halogenated alkanes) is 6. The highest BCUT2D eigenvalue weighted by Gasteiger charge is 1.90. The van der Waals surface area contributed by atoms with E-state index >= 15 is 0 Å². The summed E-state index contributed by atoms with van der Waals surface area (Å²) in [5.74, 6) is -0.842. The molecule has 114 valence electrons. The largest absolute Gasteiger partial charge is 0.478 e. The Morgan fingerprint density at radius 1 is 1.16 bits per heavy atom. The molecular formula is C15H31NO3. The maximum absolute atomic E-state index is 10.1. The second kappa shape index (κ2) is 17.1. The van der Waals surface area contributed by atoms with Gasteiger partial charge in [-0.3, -0.25) is 0 Å². The Hall–Kier alpha value is -0.870. The standard InChI is InChI=1S/C11H20O2.C4H11NO/c1-2-3-4-5-6-7-8-9-10-11(12)13;1-2-4(5)3-6/h9-10H,2-8H2,1H3,(H,12,13);4,6H,2-3,5H2,1H3/b10-9+;. The van der Waals surface area contributed by atoms with Gasteiger partial charge in [-0.25, -0.2) is 4.79 Å². The number of hydrogen-bond acceptors (Lipinski definition) is 3. The lowest BCUT2D eigenvalue weighted by molar-refractivity contribution is -0.131. The molecule has 0 rings (SSSR count). The van der Waals surface area contributed by atoms with Crippen LogP contribution in [-0.4, -0.2) is 28.8 Å². The highest BCUT2D eigenvalue weighted by molar-refractivity contribution is 5.79. The number of carboxylic acid groups (broad SMARTS) is 1. The van der Waals surface area contributed by atoms with Crippen LogP contribution in [0.15, 0.2) is 12.2 Å². The number of aliphatic hydroxyl groups excluding tert-OH is 1. The number of aliphatic carboxylic acids is 1. The van der Waals surface area contributed by atoms with Crippen LogP contribution in [0.25, 0.3) is 0 Å². The Labute approximate surface area is 117 Å². The van der Waals surface area contributed by atoms with Crippen LogP contribution in [0.3, 0.4) is 0 Å². The Morgan fingerprint density at radius 3 is 2.16 bits per heavy atom. The Bertz CT molecular complexity index is 213. The molecule has 0 aliphatic rings.